The third-order valence-corrected chi connectivity index (χ3v) is 7.25. The van der Waals surface area contributed by atoms with E-state index >= 15 is 0 Å². The Bertz CT molecular complexity index is 1070. The van der Waals surface area contributed by atoms with Crippen LogP contribution in [-0.2, 0) is 4.79 Å². The van der Waals surface area contributed by atoms with E-state index in [4.69, 9.17) is 23.2 Å². The molecule has 194 valence electrons. The van der Waals surface area contributed by atoms with E-state index in [-0.39, 0.29) is 18.0 Å². The number of piperidine rings is 1. The highest BCUT2D eigenvalue weighted by molar-refractivity contribution is 6.42. The number of hydrogen-bond acceptors (Lipinski definition) is 3. The van der Waals surface area contributed by atoms with Crippen molar-refractivity contribution in [3.63, 3.8) is 0 Å². The molecule has 1 fully saturated rings. The van der Waals surface area contributed by atoms with Crippen molar-refractivity contribution in [3.8, 4) is 0 Å². The minimum absolute atomic E-state index is 0.114. The van der Waals surface area contributed by atoms with Crippen LogP contribution in [0.5, 0.6) is 0 Å². The van der Waals surface area contributed by atoms with Gasteiger partial charge >= 0.3 is 6.03 Å². The molecule has 8 heteroatoms. The first-order valence-electron chi connectivity index (χ1n) is 12.6. The first-order valence-corrected chi connectivity index (χ1v) is 13.3. The minimum Gasteiger partial charge on any atom is -0.353 e. The summed E-state index contributed by atoms with van der Waals surface area (Å²) in [5, 5.41) is 9.94. The van der Waals surface area contributed by atoms with E-state index in [9.17, 15) is 9.59 Å². The highest BCUT2D eigenvalue weighted by atomic mass is 35.5. The largest absolute Gasteiger partial charge is 0.353 e. The predicted molar refractivity (Wildman–Crippen MR) is 150 cm³/mol. The van der Waals surface area contributed by atoms with Crippen molar-refractivity contribution in [1.29, 1.82) is 0 Å². The van der Waals surface area contributed by atoms with Crippen LogP contribution in [0.1, 0.15) is 48.8 Å². The maximum Gasteiger partial charge on any atom is 0.319 e. The Morgan fingerprint density at radius 3 is 2.47 bits per heavy atom. The van der Waals surface area contributed by atoms with Gasteiger partial charge in [-0.2, -0.15) is 0 Å². The fourth-order valence-electron chi connectivity index (χ4n) is 4.17. The van der Waals surface area contributed by atoms with Gasteiger partial charge in [-0.15, -0.1) is 0 Å². The summed E-state index contributed by atoms with van der Waals surface area (Å²) in [6, 6.07) is 11.3. The number of halogens is 2. The number of urea groups is 1. The predicted octanol–water partition coefficient (Wildman–Crippen LogP) is 6.20. The topological polar surface area (TPSA) is 73.5 Å². The standard InChI is InChI=1S/C28H36Cl2N4O2/c1-20-6-9-24(18-21(20)2)33-28(36)32-23-12-16-34(17-13-23)15-5-3-4-14-31-27(35)11-8-22-7-10-25(29)26(30)19-22/h6-11,18-19,23H,3-5,12-17H2,1-2H3,(H,31,35)(H2,32,33,36)/b11-8+. The average molecular weight is 532 g/mol. The van der Waals surface area contributed by atoms with Crippen molar-refractivity contribution in [2.45, 2.75) is 52.0 Å². The summed E-state index contributed by atoms with van der Waals surface area (Å²) in [5.41, 5.74) is 4.04. The summed E-state index contributed by atoms with van der Waals surface area (Å²) in [7, 11) is 0. The van der Waals surface area contributed by atoms with E-state index < -0.39 is 0 Å². The van der Waals surface area contributed by atoms with E-state index in [0.717, 1.165) is 63.0 Å². The lowest BCUT2D eigenvalue weighted by molar-refractivity contribution is -0.116. The molecule has 3 amide bonds. The third kappa shape index (κ3) is 9.49. The van der Waals surface area contributed by atoms with Crippen LogP contribution >= 0.6 is 23.2 Å². The van der Waals surface area contributed by atoms with Crippen LogP contribution in [0.2, 0.25) is 10.0 Å². The number of amides is 3. The normalized spacial score (nSPS) is 14.7. The van der Waals surface area contributed by atoms with E-state index in [1.807, 2.05) is 31.2 Å². The first-order chi connectivity index (χ1) is 17.3. The van der Waals surface area contributed by atoms with Crippen molar-refractivity contribution >= 4 is 46.9 Å². The van der Waals surface area contributed by atoms with E-state index in [1.54, 1.807) is 18.2 Å². The molecule has 36 heavy (non-hydrogen) atoms. The molecule has 0 atom stereocenters. The summed E-state index contributed by atoms with van der Waals surface area (Å²) in [6.07, 6.45) is 8.27. The van der Waals surface area contributed by atoms with Crippen LogP contribution in [0.25, 0.3) is 6.08 Å². The van der Waals surface area contributed by atoms with Gasteiger partial charge in [-0.3, -0.25) is 4.79 Å². The van der Waals surface area contributed by atoms with Crippen LogP contribution in [0, 0.1) is 13.8 Å². The van der Waals surface area contributed by atoms with Gasteiger partial charge in [0.25, 0.3) is 0 Å². The average Bonchev–Trinajstić information content (AvgIpc) is 2.85. The molecule has 2 aromatic carbocycles. The van der Waals surface area contributed by atoms with E-state index in [0.29, 0.717) is 16.6 Å². The minimum atomic E-state index is -0.134. The number of benzene rings is 2. The second-order valence-electron chi connectivity index (χ2n) is 9.37. The van der Waals surface area contributed by atoms with Crippen molar-refractivity contribution in [2.75, 3.05) is 31.5 Å². The molecule has 6 nitrogen and oxygen atoms in total. The molecule has 0 spiro atoms. The molecule has 0 saturated carbocycles. The summed E-state index contributed by atoms with van der Waals surface area (Å²) < 4.78 is 0. The van der Waals surface area contributed by atoms with Gasteiger partial charge < -0.3 is 20.9 Å². The number of carbonyl (C=O) groups excluding carboxylic acids is 2. The molecule has 2 aromatic rings. The zero-order chi connectivity index (χ0) is 25.9. The Morgan fingerprint density at radius 2 is 1.75 bits per heavy atom. The third-order valence-electron chi connectivity index (χ3n) is 6.51. The Balaban J connectivity index is 1.23. The molecule has 0 radical (unpaired) electrons. The van der Waals surface area contributed by atoms with Gasteiger partial charge in [-0.1, -0.05) is 41.8 Å². The summed E-state index contributed by atoms with van der Waals surface area (Å²) in [6.45, 7) is 7.79. The number of aryl methyl sites for hydroxylation is 2. The molecule has 1 heterocycles. The summed E-state index contributed by atoms with van der Waals surface area (Å²) in [4.78, 5) is 26.8. The fourth-order valence-corrected chi connectivity index (χ4v) is 4.47. The van der Waals surface area contributed by atoms with Crippen LogP contribution < -0.4 is 16.0 Å². The highest BCUT2D eigenvalue weighted by Crippen LogP contribution is 2.23. The number of rotatable bonds is 10. The number of likely N-dealkylation sites (tertiary alicyclic amines) is 1. The van der Waals surface area contributed by atoms with Crippen LogP contribution in [0.15, 0.2) is 42.5 Å². The van der Waals surface area contributed by atoms with Crippen molar-refractivity contribution in [1.82, 2.24) is 15.5 Å². The van der Waals surface area contributed by atoms with Crippen LogP contribution in [-0.4, -0.2) is 49.1 Å². The summed E-state index contributed by atoms with van der Waals surface area (Å²) in [5.74, 6) is -0.114. The number of unbranched alkanes of at least 4 members (excludes halogenated alkanes) is 2. The second-order valence-corrected chi connectivity index (χ2v) is 10.2. The molecule has 1 saturated heterocycles. The Labute approximate surface area is 224 Å². The zero-order valence-electron chi connectivity index (χ0n) is 21.1. The van der Waals surface area contributed by atoms with Crippen LogP contribution in [0.4, 0.5) is 10.5 Å². The molecule has 0 bridgehead atoms. The zero-order valence-corrected chi connectivity index (χ0v) is 22.6. The van der Waals surface area contributed by atoms with Gasteiger partial charge in [0, 0.05) is 37.4 Å². The van der Waals surface area contributed by atoms with Gasteiger partial charge in [-0.25, -0.2) is 4.79 Å². The SMILES string of the molecule is Cc1ccc(NC(=O)NC2CCN(CCCCCNC(=O)/C=C/c3ccc(Cl)c(Cl)c3)CC2)cc1C. The van der Waals surface area contributed by atoms with Gasteiger partial charge in [0.2, 0.25) is 5.91 Å². The Morgan fingerprint density at radius 1 is 0.972 bits per heavy atom. The Hall–Kier alpha value is -2.54. The second kappa shape index (κ2) is 14.3. The van der Waals surface area contributed by atoms with Gasteiger partial charge in [-0.05, 0) is 93.1 Å². The van der Waals surface area contributed by atoms with Crippen LogP contribution in [0.3, 0.4) is 0 Å². The number of hydrogen-bond donors (Lipinski definition) is 3. The lowest BCUT2D eigenvalue weighted by Crippen LogP contribution is -2.46. The number of nitrogens with one attached hydrogen (secondary N) is 3. The molecule has 0 unspecified atom stereocenters. The molecular weight excluding hydrogens is 495 g/mol. The quantitative estimate of drug-likeness (QED) is 0.253. The van der Waals surface area contributed by atoms with E-state index in [1.165, 1.54) is 17.2 Å². The van der Waals surface area contributed by atoms with Gasteiger partial charge in [0.05, 0.1) is 10.0 Å². The van der Waals surface area contributed by atoms with Gasteiger partial charge in [0.15, 0.2) is 0 Å². The lowest BCUT2D eigenvalue weighted by Gasteiger charge is -2.32. The summed E-state index contributed by atoms with van der Waals surface area (Å²) >= 11 is 11.9. The first kappa shape index (κ1) is 28.0. The molecule has 0 aromatic heterocycles. The maximum absolute atomic E-state index is 12.3. The van der Waals surface area contributed by atoms with E-state index in [2.05, 4.69) is 27.8 Å². The smallest absolute Gasteiger partial charge is 0.319 e. The van der Waals surface area contributed by atoms with Gasteiger partial charge in [0.1, 0.15) is 0 Å². The lowest BCUT2D eigenvalue weighted by atomic mass is 10.0. The molecule has 3 N–H and O–H groups in total. The molecule has 1 aliphatic heterocycles. The van der Waals surface area contributed by atoms with Crippen molar-refractivity contribution < 1.29 is 9.59 Å². The Kier molecular flexibility index (Phi) is 11.1. The number of anilines is 1. The van der Waals surface area contributed by atoms with Crippen molar-refractivity contribution in [2.24, 2.45) is 0 Å². The molecule has 1 aliphatic rings. The van der Waals surface area contributed by atoms with Crippen molar-refractivity contribution in [3.05, 3.63) is 69.2 Å². The fraction of sp³-hybridized carbons (Fsp3) is 0.429. The number of nitrogens with zero attached hydrogens (tertiary/aromatic N) is 1. The molecule has 0 aliphatic carbocycles. The molecule has 3 rings (SSSR count). The molecular formula is C28H36Cl2N4O2. The number of carbonyl (C=O) groups is 2. The highest BCUT2D eigenvalue weighted by Gasteiger charge is 2.20. The monoisotopic (exact) mass is 530 g/mol. The maximum atomic E-state index is 12.3.